The van der Waals surface area contributed by atoms with E-state index in [9.17, 15) is 4.79 Å². The van der Waals surface area contributed by atoms with Crippen LogP contribution >= 0.6 is 0 Å². The molecule has 1 atom stereocenters. The minimum Gasteiger partial charge on any atom is -0.457 e. The molecule has 2 amide bonds. The number of nitrogens with zero attached hydrogens (tertiary/aromatic N) is 2. The Kier molecular flexibility index (Phi) is 4.51. The Balaban J connectivity index is 1.35. The lowest BCUT2D eigenvalue weighted by Gasteiger charge is -2.23. The zero-order chi connectivity index (χ0) is 17.8. The molecule has 1 aromatic carbocycles. The first kappa shape index (κ1) is 16.1. The van der Waals surface area contributed by atoms with Crippen molar-refractivity contribution in [1.29, 1.82) is 0 Å². The van der Waals surface area contributed by atoms with E-state index in [0.29, 0.717) is 17.2 Å². The average Bonchev–Trinajstić information content (AvgIpc) is 3.10. The number of fused-ring (bicyclic) bond motifs is 1. The van der Waals surface area contributed by atoms with Crippen LogP contribution < -0.4 is 15.4 Å². The van der Waals surface area contributed by atoms with Gasteiger partial charge in [-0.2, -0.15) is 5.10 Å². The van der Waals surface area contributed by atoms with E-state index in [4.69, 9.17) is 4.74 Å². The molecule has 3 N–H and O–H groups in total. The van der Waals surface area contributed by atoms with Crippen molar-refractivity contribution in [2.24, 2.45) is 0 Å². The molecule has 0 aliphatic heterocycles. The average molecular weight is 349 g/mol. The first-order valence-electron chi connectivity index (χ1n) is 8.53. The fourth-order valence-electron chi connectivity index (χ4n) is 3.07. The van der Waals surface area contributed by atoms with Crippen LogP contribution in [0.4, 0.5) is 10.5 Å². The molecule has 0 bridgehead atoms. The normalized spacial score (nSPS) is 15.8. The van der Waals surface area contributed by atoms with E-state index in [1.807, 2.05) is 24.4 Å². The van der Waals surface area contributed by atoms with Crippen LogP contribution in [0.15, 0.2) is 55.0 Å². The summed E-state index contributed by atoms with van der Waals surface area (Å²) in [5.41, 5.74) is 3.02. The maximum Gasteiger partial charge on any atom is 0.319 e. The van der Waals surface area contributed by atoms with Gasteiger partial charge >= 0.3 is 6.03 Å². The second-order valence-corrected chi connectivity index (χ2v) is 6.22. The predicted octanol–water partition coefficient (Wildman–Crippen LogP) is 3.28. The van der Waals surface area contributed by atoms with E-state index in [2.05, 4.69) is 25.8 Å². The number of hydrogen-bond donors (Lipinski definition) is 3. The van der Waals surface area contributed by atoms with E-state index in [0.717, 1.165) is 19.3 Å². The molecule has 2 aromatic heterocycles. The SMILES string of the molecule is O=C(Nc1cccc(Oc2ccncc2)c1)N[C@@H]1CCc2[nH]ncc2C1. The Morgan fingerprint density at radius 1 is 1.19 bits per heavy atom. The third kappa shape index (κ3) is 3.83. The fraction of sp³-hybridized carbons (Fsp3) is 0.211. The highest BCUT2D eigenvalue weighted by molar-refractivity contribution is 5.89. The number of nitrogens with one attached hydrogen (secondary N) is 3. The molecule has 0 spiro atoms. The molecule has 0 fully saturated rings. The lowest BCUT2D eigenvalue weighted by atomic mass is 9.94. The van der Waals surface area contributed by atoms with E-state index < -0.39 is 0 Å². The molecule has 1 aliphatic carbocycles. The molecular formula is C19H19N5O2. The number of carbonyl (C=O) groups is 1. The van der Waals surface area contributed by atoms with Crippen LogP contribution in [-0.2, 0) is 12.8 Å². The number of anilines is 1. The van der Waals surface area contributed by atoms with E-state index >= 15 is 0 Å². The molecule has 26 heavy (non-hydrogen) atoms. The largest absolute Gasteiger partial charge is 0.457 e. The molecule has 4 rings (SSSR count). The second kappa shape index (κ2) is 7.26. The number of aromatic nitrogens is 3. The lowest BCUT2D eigenvalue weighted by Crippen LogP contribution is -2.41. The number of hydrogen-bond acceptors (Lipinski definition) is 4. The molecule has 0 unspecified atom stereocenters. The number of carbonyl (C=O) groups excluding carboxylic acids is 1. The standard InChI is InChI=1S/C19H19N5O2/c25-19(23-15-4-5-18-13(10-15)12-21-24-18)22-14-2-1-3-17(11-14)26-16-6-8-20-9-7-16/h1-3,6-9,11-12,15H,4-5,10H2,(H,21,24)(H2,22,23,25)/t15-/m1/s1. The van der Waals surface area contributed by atoms with Gasteiger partial charge in [0.15, 0.2) is 0 Å². The summed E-state index contributed by atoms with van der Waals surface area (Å²) in [6, 6.07) is 10.7. The van der Waals surface area contributed by atoms with E-state index in [1.165, 1.54) is 11.3 Å². The van der Waals surface area contributed by atoms with Gasteiger partial charge in [0.05, 0.1) is 6.20 Å². The number of ether oxygens (including phenoxy) is 1. The van der Waals surface area contributed by atoms with Crippen LogP contribution in [0, 0.1) is 0 Å². The summed E-state index contributed by atoms with van der Waals surface area (Å²) < 4.78 is 5.76. The predicted molar refractivity (Wildman–Crippen MR) is 97.3 cm³/mol. The number of urea groups is 1. The Morgan fingerprint density at radius 2 is 2.08 bits per heavy atom. The molecule has 0 radical (unpaired) electrons. The van der Waals surface area contributed by atoms with Crippen molar-refractivity contribution in [2.75, 3.05) is 5.32 Å². The van der Waals surface area contributed by atoms with Crippen molar-refractivity contribution in [3.63, 3.8) is 0 Å². The summed E-state index contributed by atoms with van der Waals surface area (Å²) >= 11 is 0. The van der Waals surface area contributed by atoms with Crippen molar-refractivity contribution < 1.29 is 9.53 Å². The van der Waals surface area contributed by atoms with Crippen molar-refractivity contribution in [3.05, 3.63) is 66.2 Å². The minimum absolute atomic E-state index is 0.108. The van der Waals surface area contributed by atoms with Gasteiger partial charge in [0.2, 0.25) is 0 Å². The van der Waals surface area contributed by atoms with Gasteiger partial charge in [-0.15, -0.1) is 0 Å². The summed E-state index contributed by atoms with van der Waals surface area (Å²) in [7, 11) is 0. The second-order valence-electron chi connectivity index (χ2n) is 6.22. The fourth-order valence-corrected chi connectivity index (χ4v) is 3.07. The molecule has 2 heterocycles. The highest BCUT2D eigenvalue weighted by Crippen LogP contribution is 2.24. The summed E-state index contributed by atoms with van der Waals surface area (Å²) in [5.74, 6) is 1.34. The number of pyridine rings is 1. The first-order valence-corrected chi connectivity index (χ1v) is 8.53. The first-order chi connectivity index (χ1) is 12.8. The van der Waals surface area contributed by atoms with Crippen LogP contribution in [0.2, 0.25) is 0 Å². The van der Waals surface area contributed by atoms with Crippen molar-refractivity contribution in [1.82, 2.24) is 20.5 Å². The zero-order valence-electron chi connectivity index (χ0n) is 14.1. The van der Waals surface area contributed by atoms with Crippen molar-refractivity contribution in [3.8, 4) is 11.5 Å². The Labute approximate surface area is 150 Å². The molecular weight excluding hydrogens is 330 g/mol. The summed E-state index contributed by atoms with van der Waals surface area (Å²) in [6.07, 6.45) is 7.76. The molecule has 7 heteroatoms. The van der Waals surface area contributed by atoms with Crippen LogP contribution in [-0.4, -0.2) is 27.3 Å². The molecule has 7 nitrogen and oxygen atoms in total. The Morgan fingerprint density at radius 3 is 2.96 bits per heavy atom. The lowest BCUT2D eigenvalue weighted by molar-refractivity contribution is 0.247. The van der Waals surface area contributed by atoms with Gasteiger partial charge in [-0.25, -0.2) is 4.79 Å². The van der Waals surface area contributed by atoms with Gasteiger partial charge in [0.1, 0.15) is 11.5 Å². The highest BCUT2D eigenvalue weighted by atomic mass is 16.5. The van der Waals surface area contributed by atoms with Crippen LogP contribution in [0.25, 0.3) is 0 Å². The van der Waals surface area contributed by atoms with Gasteiger partial charge in [0.25, 0.3) is 0 Å². The highest BCUT2D eigenvalue weighted by Gasteiger charge is 2.21. The molecule has 132 valence electrons. The monoisotopic (exact) mass is 349 g/mol. The summed E-state index contributed by atoms with van der Waals surface area (Å²) in [6.45, 7) is 0. The maximum absolute atomic E-state index is 12.3. The van der Waals surface area contributed by atoms with Crippen LogP contribution in [0.3, 0.4) is 0 Å². The summed E-state index contributed by atoms with van der Waals surface area (Å²) in [5, 5.41) is 13.0. The van der Waals surface area contributed by atoms with E-state index in [1.54, 1.807) is 30.6 Å². The smallest absolute Gasteiger partial charge is 0.319 e. The van der Waals surface area contributed by atoms with E-state index in [-0.39, 0.29) is 12.1 Å². The number of amides is 2. The number of aromatic amines is 1. The van der Waals surface area contributed by atoms with Crippen molar-refractivity contribution in [2.45, 2.75) is 25.3 Å². The summed E-state index contributed by atoms with van der Waals surface area (Å²) in [4.78, 5) is 16.3. The molecule has 3 aromatic rings. The number of rotatable bonds is 4. The Hall–Kier alpha value is -3.35. The third-order valence-corrected chi connectivity index (χ3v) is 4.33. The van der Waals surface area contributed by atoms with Crippen molar-refractivity contribution >= 4 is 11.7 Å². The number of H-pyrrole nitrogens is 1. The van der Waals surface area contributed by atoms with Gasteiger partial charge in [-0.1, -0.05) is 6.07 Å². The van der Waals surface area contributed by atoms with Crippen LogP contribution in [0.5, 0.6) is 11.5 Å². The molecule has 0 saturated carbocycles. The topological polar surface area (TPSA) is 91.9 Å². The zero-order valence-corrected chi connectivity index (χ0v) is 14.1. The number of benzene rings is 1. The van der Waals surface area contributed by atoms with Gasteiger partial charge < -0.3 is 15.4 Å². The maximum atomic E-state index is 12.3. The minimum atomic E-state index is -0.219. The van der Waals surface area contributed by atoms with Crippen LogP contribution in [0.1, 0.15) is 17.7 Å². The van der Waals surface area contributed by atoms with Gasteiger partial charge in [-0.3, -0.25) is 10.1 Å². The quantitative estimate of drug-likeness (QED) is 0.674. The van der Waals surface area contributed by atoms with Gasteiger partial charge in [0, 0.05) is 35.9 Å². The number of aryl methyl sites for hydroxylation is 1. The third-order valence-electron chi connectivity index (χ3n) is 4.33. The Bertz CT molecular complexity index is 894. The molecule has 0 saturated heterocycles. The molecule has 1 aliphatic rings. The van der Waals surface area contributed by atoms with Gasteiger partial charge in [-0.05, 0) is 49.1 Å².